The van der Waals surface area contributed by atoms with E-state index in [0.717, 1.165) is 24.1 Å². The minimum Gasteiger partial charge on any atom is -0.463 e. The van der Waals surface area contributed by atoms with Crippen LogP contribution in [-0.2, 0) is 12.8 Å². The molecule has 0 fully saturated rings. The molecule has 1 aliphatic carbocycles. The highest BCUT2D eigenvalue weighted by Gasteiger charge is 2.18. The van der Waals surface area contributed by atoms with Crippen LogP contribution in [0.25, 0.3) is 17.1 Å². The van der Waals surface area contributed by atoms with E-state index in [1.807, 2.05) is 54.7 Å². The Balaban J connectivity index is 1.39. The van der Waals surface area contributed by atoms with Crippen molar-refractivity contribution in [2.45, 2.75) is 19.3 Å². The molecule has 29 heavy (non-hydrogen) atoms. The summed E-state index contributed by atoms with van der Waals surface area (Å²) >= 11 is 1.56. The van der Waals surface area contributed by atoms with Crippen molar-refractivity contribution >= 4 is 23.5 Å². The van der Waals surface area contributed by atoms with Gasteiger partial charge in [-0.05, 0) is 55.2 Å². The van der Waals surface area contributed by atoms with E-state index < -0.39 is 0 Å². The van der Waals surface area contributed by atoms with E-state index in [1.54, 1.807) is 28.5 Å². The lowest BCUT2D eigenvalue weighted by Gasteiger charge is -1.98. The lowest BCUT2D eigenvalue weighted by Crippen LogP contribution is -2.16. The molecule has 0 spiro atoms. The van der Waals surface area contributed by atoms with Crippen LogP contribution in [0, 0.1) is 0 Å². The van der Waals surface area contributed by atoms with E-state index in [-0.39, 0.29) is 5.91 Å². The molecule has 0 saturated carbocycles. The van der Waals surface area contributed by atoms with Gasteiger partial charge in [-0.15, -0.1) is 11.3 Å². The molecule has 0 unspecified atom stereocenters. The number of benzene rings is 1. The van der Waals surface area contributed by atoms with Crippen LogP contribution < -0.4 is 5.43 Å². The second-order valence-corrected chi connectivity index (χ2v) is 7.94. The number of para-hydroxylation sites is 1. The molecule has 0 saturated heterocycles. The standard InChI is InChI=1S/C22H18N4O2S/c27-22(20-12-15-6-4-10-19(15)29-20)24-23-13-16-14-26(17-7-2-1-3-8-17)25-21(16)18-9-5-11-28-18/h1-3,5,7-9,11-14H,4,6,10H2,(H,24,27)/b23-13-. The Kier molecular flexibility index (Phi) is 4.57. The number of carbonyl (C=O) groups excluding carboxylic acids is 1. The lowest BCUT2D eigenvalue weighted by molar-refractivity contribution is 0.0959. The average molecular weight is 402 g/mol. The van der Waals surface area contributed by atoms with Crippen LogP contribution >= 0.6 is 11.3 Å². The second-order valence-electron chi connectivity index (χ2n) is 6.80. The molecule has 4 aromatic rings. The van der Waals surface area contributed by atoms with Crippen molar-refractivity contribution in [3.63, 3.8) is 0 Å². The SMILES string of the molecule is O=C(N/N=C\c1cn(-c2ccccc2)nc1-c1ccco1)c1cc2c(s1)CCC2. The van der Waals surface area contributed by atoms with E-state index in [9.17, 15) is 4.79 Å². The molecule has 0 bridgehead atoms. The Morgan fingerprint density at radius 1 is 1.21 bits per heavy atom. The van der Waals surface area contributed by atoms with Gasteiger partial charge in [-0.1, -0.05) is 18.2 Å². The molecule has 3 heterocycles. The molecule has 0 radical (unpaired) electrons. The van der Waals surface area contributed by atoms with Gasteiger partial charge < -0.3 is 4.42 Å². The minimum absolute atomic E-state index is 0.185. The monoisotopic (exact) mass is 402 g/mol. The summed E-state index contributed by atoms with van der Waals surface area (Å²) in [4.78, 5) is 14.5. The summed E-state index contributed by atoms with van der Waals surface area (Å²) in [6, 6.07) is 15.5. The molecule has 144 valence electrons. The third kappa shape index (κ3) is 3.52. The molecular weight excluding hydrogens is 384 g/mol. The molecule has 7 heteroatoms. The first kappa shape index (κ1) is 17.6. The maximum Gasteiger partial charge on any atom is 0.281 e. The van der Waals surface area contributed by atoms with Crippen molar-refractivity contribution in [1.29, 1.82) is 0 Å². The fourth-order valence-corrected chi connectivity index (χ4v) is 4.60. The summed E-state index contributed by atoms with van der Waals surface area (Å²) in [5, 5.41) is 8.80. The highest BCUT2D eigenvalue weighted by Crippen LogP contribution is 2.30. The molecule has 1 amide bonds. The number of nitrogens with zero attached hydrogens (tertiary/aromatic N) is 3. The first-order valence-corrected chi connectivity index (χ1v) is 10.2. The van der Waals surface area contributed by atoms with Crippen LogP contribution in [0.4, 0.5) is 0 Å². The van der Waals surface area contributed by atoms with Crippen molar-refractivity contribution in [3.05, 3.63) is 81.9 Å². The molecule has 5 rings (SSSR count). The van der Waals surface area contributed by atoms with Crippen LogP contribution in [-0.4, -0.2) is 21.9 Å². The van der Waals surface area contributed by atoms with Gasteiger partial charge >= 0.3 is 0 Å². The number of hydrogen-bond donors (Lipinski definition) is 1. The number of hydrazone groups is 1. The zero-order chi connectivity index (χ0) is 19.6. The van der Waals surface area contributed by atoms with Gasteiger partial charge in [0, 0.05) is 16.6 Å². The quantitative estimate of drug-likeness (QED) is 0.396. The van der Waals surface area contributed by atoms with Gasteiger partial charge in [-0.3, -0.25) is 4.79 Å². The van der Waals surface area contributed by atoms with Crippen LogP contribution in [0.5, 0.6) is 0 Å². The Bertz CT molecular complexity index is 1150. The number of nitrogens with one attached hydrogen (secondary N) is 1. The zero-order valence-electron chi connectivity index (χ0n) is 15.5. The number of aromatic nitrogens is 2. The van der Waals surface area contributed by atoms with Crippen molar-refractivity contribution in [2.75, 3.05) is 0 Å². The largest absolute Gasteiger partial charge is 0.463 e. The fourth-order valence-electron chi connectivity index (χ4n) is 3.46. The molecule has 3 aromatic heterocycles. The van der Waals surface area contributed by atoms with Gasteiger partial charge in [0.1, 0.15) is 5.69 Å². The Hall–Kier alpha value is -3.45. The van der Waals surface area contributed by atoms with E-state index in [1.165, 1.54) is 16.9 Å². The van der Waals surface area contributed by atoms with Crippen LogP contribution in [0.15, 0.2) is 70.5 Å². The molecule has 1 N–H and O–H groups in total. The highest BCUT2D eigenvalue weighted by molar-refractivity contribution is 7.14. The minimum atomic E-state index is -0.185. The van der Waals surface area contributed by atoms with E-state index in [4.69, 9.17) is 4.42 Å². The van der Waals surface area contributed by atoms with Gasteiger partial charge in [-0.25, -0.2) is 10.1 Å². The summed E-state index contributed by atoms with van der Waals surface area (Å²) in [6.45, 7) is 0. The van der Waals surface area contributed by atoms with E-state index in [2.05, 4.69) is 15.6 Å². The number of furan rings is 1. The summed E-state index contributed by atoms with van der Waals surface area (Å²) in [7, 11) is 0. The van der Waals surface area contributed by atoms with Crippen molar-refractivity contribution in [3.8, 4) is 17.1 Å². The predicted octanol–water partition coefficient (Wildman–Crippen LogP) is 4.45. The van der Waals surface area contributed by atoms with Crippen molar-refractivity contribution < 1.29 is 9.21 Å². The fraction of sp³-hybridized carbons (Fsp3) is 0.136. The third-order valence-corrected chi connectivity index (χ3v) is 6.09. The number of aryl methyl sites for hydroxylation is 2. The summed E-state index contributed by atoms with van der Waals surface area (Å²) in [5.41, 5.74) is 6.27. The molecule has 6 nitrogen and oxygen atoms in total. The van der Waals surface area contributed by atoms with Crippen molar-refractivity contribution in [1.82, 2.24) is 15.2 Å². The molecule has 0 aliphatic heterocycles. The third-order valence-electron chi connectivity index (χ3n) is 4.86. The number of fused-ring (bicyclic) bond motifs is 1. The number of carbonyl (C=O) groups is 1. The van der Waals surface area contributed by atoms with Crippen LogP contribution in [0.3, 0.4) is 0 Å². The smallest absolute Gasteiger partial charge is 0.281 e. The van der Waals surface area contributed by atoms with Gasteiger partial charge in [0.25, 0.3) is 5.91 Å². The molecule has 1 aliphatic rings. The van der Waals surface area contributed by atoms with E-state index >= 15 is 0 Å². The number of thiophene rings is 1. The topological polar surface area (TPSA) is 72.4 Å². The Labute approximate surface area is 171 Å². The molecular formula is C22H18N4O2S. The highest BCUT2D eigenvalue weighted by atomic mass is 32.1. The number of hydrogen-bond acceptors (Lipinski definition) is 5. The molecule has 0 atom stereocenters. The Morgan fingerprint density at radius 3 is 2.90 bits per heavy atom. The normalized spacial score (nSPS) is 13.1. The predicted molar refractivity (Wildman–Crippen MR) is 113 cm³/mol. The van der Waals surface area contributed by atoms with Gasteiger partial charge in [-0.2, -0.15) is 10.2 Å². The lowest BCUT2D eigenvalue weighted by atomic mass is 10.2. The van der Waals surface area contributed by atoms with Gasteiger partial charge in [0.2, 0.25) is 0 Å². The maximum absolute atomic E-state index is 12.4. The Morgan fingerprint density at radius 2 is 2.10 bits per heavy atom. The number of rotatable bonds is 5. The van der Waals surface area contributed by atoms with Crippen LogP contribution in [0.2, 0.25) is 0 Å². The van der Waals surface area contributed by atoms with Gasteiger partial charge in [0.15, 0.2) is 5.76 Å². The number of amides is 1. The zero-order valence-corrected chi connectivity index (χ0v) is 16.4. The second kappa shape index (κ2) is 7.52. The van der Waals surface area contributed by atoms with Crippen molar-refractivity contribution in [2.24, 2.45) is 5.10 Å². The average Bonchev–Trinajstić information content (AvgIpc) is 3.51. The van der Waals surface area contributed by atoms with E-state index in [0.29, 0.717) is 16.3 Å². The first-order valence-electron chi connectivity index (χ1n) is 9.42. The van der Waals surface area contributed by atoms with Crippen LogP contribution in [0.1, 0.15) is 32.1 Å². The maximum atomic E-state index is 12.4. The summed E-state index contributed by atoms with van der Waals surface area (Å²) < 4.78 is 7.29. The van der Waals surface area contributed by atoms with Gasteiger partial charge in [0.05, 0.1) is 23.0 Å². The summed E-state index contributed by atoms with van der Waals surface area (Å²) in [6.07, 6.45) is 8.39. The first-order chi connectivity index (χ1) is 14.3. The summed E-state index contributed by atoms with van der Waals surface area (Å²) in [5.74, 6) is 0.456. The molecule has 1 aromatic carbocycles.